The van der Waals surface area contributed by atoms with E-state index in [9.17, 15) is 21.6 Å². The molecule has 2 aliphatic heterocycles. The molecule has 3 fully saturated rings. The van der Waals surface area contributed by atoms with Crippen LogP contribution in [0.3, 0.4) is 0 Å². The fourth-order valence-corrected chi connectivity index (χ4v) is 6.93. The number of nitrogens with zero attached hydrogens (tertiary/aromatic N) is 2. The minimum atomic E-state index is -3.60. The highest BCUT2D eigenvalue weighted by molar-refractivity contribution is 7.91. The van der Waals surface area contributed by atoms with Gasteiger partial charge in [0.25, 0.3) is 5.91 Å². The second-order valence-electron chi connectivity index (χ2n) is 7.81. The zero-order valence-electron chi connectivity index (χ0n) is 15.6. The number of nitrogens with one attached hydrogen (secondary N) is 1. The number of amides is 1. The summed E-state index contributed by atoms with van der Waals surface area (Å²) in [6.45, 7) is 2.28. The van der Waals surface area contributed by atoms with Crippen molar-refractivity contribution >= 4 is 25.8 Å². The topological polar surface area (TPSA) is 104 Å². The molecule has 1 atom stereocenters. The standard InChI is InChI=1S/C18H25N3O5S2/c22-18(14-2-1-3-17(12-14)28(25,26)19-15-4-5-15)21-9-7-20(8-10-21)16-6-11-27(23,24)13-16/h1-3,12,15-16,19H,4-11,13H2. The van der Waals surface area contributed by atoms with Crippen LogP contribution < -0.4 is 4.72 Å². The number of sulfone groups is 1. The fourth-order valence-electron chi connectivity index (χ4n) is 3.82. The quantitative estimate of drug-likeness (QED) is 0.713. The molecule has 1 aromatic carbocycles. The summed E-state index contributed by atoms with van der Waals surface area (Å²) in [5, 5.41) is 0. The van der Waals surface area contributed by atoms with Gasteiger partial charge in [0, 0.05) is 43.8 Å². The molecule has 0 radical (unpaired) electrons. The molecule has 8 nitrogen and oxygen atoms in total. The predicted octanol–water partition coefficient (Wildman–Crippen LogP) is 0.0722. The summed E-state index contributed by atoms with van der Waals surface area (Å²) in [5.74, 6) is 0.254. The average molecular weight is 428 g/mol. The molecule has 1 unspecified atom stereocenters. The van der Waals surface area contributed by atoms with Crippen LogP contribution in [0.4, 0.5) is 0 Å². The van der Waals surface area contributed by atoms with Crippen molar-refractivity contribution in [2.24, 2.45) is 0 Å². The number of carbonyl (C=O) groups excluding carboxylic acids is 1. The van der Waals surface area contributed by atoms with Gasteiger partial charge in [0.1, 0.15) is 0 Å². The first-order chi connectivity index (χ1) is 13.2. The first-order valence-electron chi connectivity index (χ1n) is 9.60. The van der Waals surface area contributed by atoms with Crippen LogP contribution in [0.15, 0.2) is 29.2 Å². The molecule has 1 saturated carbocycles. The van der Waals surface area contributed by atoms with Crippen molar-refractivity contribution in [2.45, 2.75) is 36.2 Å². The van der Waals surface area contributed by atoms with Crippen LogP contribution in [0.2, 0.25) is 0 Å². The van der Waals surface area contributed by atoms with Crippen molar-refractivity contribution in [3.8, 4) is 0 Å². The summed E-state index contributed by atoms with van der Waals surface area (Å²) >= 11 is 0. The monoisotopic (exact) mass is 427 g/mol. The zero-order chi connectivity index (χ0) is 19.9. The van der Waals surface area contributed by atoms with E-state index >= 15 is 0 Å². The second kappa shape index (κ2) is 7.40. The van der Waals surface area contributed by atoms with Crippen LogP contribution in [0, 0.1) is 0 Å². The van der Waals surface area contributed by atoms with Crippen LogP contribution in [0.25, 0.3) is 0 Å². The first kappa shape index (κ1) is 19.8. The smallest absolute Gasteiger partial charge is 0.253 e. The molecule has 0 spiro atoms. The molecule has 0 bridgehead atoms. The molecule has 3 aliphatic rings. The van der Waals surface area contributed by atoms with Gasteiger partial charge in [-0.15, -0.1) is 0 Å². The maximum atomic E-state index is 12.8. The van der Waals surface area contributed by atoms with Crippen molar-refractivity contribution in [3.05, 3.63) is 29.8 Å². The van der Waals surface area contributed by atoms with Gasteiger partial charge in [-0.1, -0.05) is 6.07 Å². The number of piperazine rings is 1. The Balaban J connectivity index is 1.39. The molecular formula is C18H25N3O5S2. The third-order valence-electron chi connectivity index (χ3n) is 5.62. The van der Waals surface area contributed by atoms with Crippen LogP contribution in [0.1, 0.15) is 29.6 Å². The maximum Gasteiger partial charge on any atom is 0.253 e. The van der Waals surface area contributed by atoms with Crippen LogP contribution in [0.5, 0.6) is 0 Å². The molecule has 28 heavy (non-hydrogen) atoms. The van der Waals surface area contributed by atoms with Crippen molar-refractivity contribution < 1.29 is 21.6 Å². The van der Waals surface area contributed by atoms with Crippen LogP contribution in [-0.2, 0) is 19.9 Å². The molecule has 1 amide bonds. The van der Waals surface area contributed by atoms with Gasteiger partial charge in [-0.2, -0.15) is 0 Å². The molecule has 4 rings (SSSR count). The average Bonchev–Trinajstić information content (AvgIpc) is 3.40. The number of sulfonamides is 1. The van der Waals surface area contributed by atoms with Gasteiger partial charge in [0.2, 0.25) is 10.0 Å². The zero-order valence-corrected chi connectivity index (χ0v) is 17.2. The van der Waals surface area contributed by atoms with Crippen molar-refractivity contribution in [1.29, 1.82) is 0 Å². The van der Waals surface area contributed by atoms with Gasteiger partial charge in [-0.05, 0) is 37.5 Å². The van der Waals surface area contributed by atoms with E-state index in [0.717, 1.165) is 12.8 Å². The molecule has 10 heteroatoms. The van der Waals surface area contributed by atoms with E-state index in [1.807, 2.05) is 0 Å². The van der Waals surface area contributed by atoms with Gasteiger partial charge in [-0.3, -0.25) is 9.69 Å². The molecule has 1 N–H and O–H groups in total. The highest BCUT2D eigenvalue weighted by Crippen LogP contribution is 2.23. The van der Waals surface area contributed by atoms with E-state index in [1.54, 1.807) is 17.0 Å². The lowest BCUT2D eigenvalue weighted by Gasteiger charge is -2.37. The van der Waals surface area contributed by atoms with E-state index in [2.05, 4.69) is 9.62 Å². The molecule has 0 aromatic heterocycles. The van der Waals surface area contributed by atoms with E-state index in [1.165, 1.54) is 12.1 Å². The summed E-state index contributed by atoms with van der Waals surface area (Å²) < 4.78 is 50.8. The first-order valence-corrected chi connectivity index (χ1v) is 12.9. The molecule has 2 heterocycles. The minimum absolute atomic E-state index is 0.0110. The van der Waals surface area contributed by atoms with Gasteiger partial charge in [0.15, 0.2) is 9.84 Å². The Labute approximate surface area is 165 Å². The largest absolute Gasteiger partial charge is 0.336 e. The van der Waals surface area contributed by atoms with E-state index in [4.69, 9.17) is 0 Å². The highest BCUT2D eigenvalue weighted by Gasteiger charge is 2.34. The highest BCUT2D eigenvalue weighted by atomic mass is 32.2. The predicted molar refractivity (Wildman–Crippen MR) is 104 cm³/mol. The molecule has 2 saturated heterocycles. The van der Waals surface area contributed by atoms with Crippen molar-refractivity contribution in [3.63, 3.8) is 0 Å². The van der Waals surface area contributed by atoms with Crippen LogP contribution in [-0.4, -0.2) is 82.3 Å². The van der Waals surface area contributed by atoms with Gasteiger partial charge in [-0.25, -0.2) is 21.6 Å². The second-order valence-corrected chi connectivity index (χ2v) is 11.8. The van der Waals surface area contributed by atoms with Gasteiger partial charge < -0.3 is 4.90 Å². The Hall–Kier alpha value is -1.49. The lowest BCUT2D eigenvalue weighted by molar-refractivity contribution is 0.0587. The van der Waals surface area contributed by atoms with Crippen LogP contribution >= 0.6 is 0 Å². The Kier molecular flexibility index (Phi) is 5.24. The summed E-state index contributed by atoms with van der Waals surface area (Å²) in [5.41, 5.74) is 0.357. The number of benzene rings is 1. The lowest BCUT2D eigenvalue weighted by Crippen LogP contribution is -2.52. The number of hydrogen-bond donors (Lipinski definition) is 1. The van der Waals surface area contributed by atoms with E-state index < -0.39 is 19.9 Å². The Bertz CT molecular complexity index is 965. The summed E-state index contributed by atoms with van der Waals surface area (Å²) in [4.78, 5) is 16.8. The van der Waals surface area contributed by atoms with E-state index in [0.29, 0.717) is 38.2 Å². The molecular weight excluding hydrogens is 402 g/mol. The number of hydrogen-bond acceptors (Lipinski definition) is 6. The van der Waals surface area contributed by atoms with Crippen molar-refractivity contribution in [2.75, 3.05) is 37.7 Å². The number of carbonyl (C=O) groups is 1. The minimum Gasteiger partial charge on any atom is -0.336 e. The summed E-state index contributed by atoms with van der Waals surface area (Å²) in [6.07, 6.45) is 2.36. The third kappa shape index (κ3) is 4.40. The Morgan fingerprint density at radius 1 is 1.07 bits per heavy atom. The lowest BCUT2D eigenvalue weighted by atomic mass is 10.1. The van der Waals surface area contributed by atoms with Gasteiger partial charge in [0.05, 0.1) is 16.4 Å². The fraction of sp³-hybridized carbons (Fsp3) is 0.611. The van der Waals surface area contributed by atoms with Crippen molar-refractivity contribution in [1.82, 2.24) is 14.5 Å². The summed E-state index contributed by atoms with van der Waals surface area (Å²) in [6, 6.07) is 6.21. The molecule has 1 aromatic rings. The van der Waals surface area contributed by atoms with E-state index in [-0.39, 0.29) is 34.4 Å². The SMILES string of the molecule is O=C(c1cccc(S(=O)(=O)NC2CC2)c1)N1CCN(C2CCS(=O)(=O)C2)CC1. The Morgan fingerprint density at radius 3 is 2.39 bits per heavy atom. The summed E-state index contributed by atoms with van der Waals surface area (Å²) in [7, 11) is -6.53. The molecule has 154 valence electrons. The molecule has 1 aliphatic carbocycles. The maximum absolute atomic E-state index is 12.8. The normalized spacial score (nSPS) is 25.7. The third-order valence-corrected chi connectivity index (χ3v) is 8.89. The number of rotatable bonds is 5. The Morgan fingerprint density at radius 2 is 1.79 bits per heavy atom. The van der Waals surface area contributed by atoms with Gasteiger partial charge >= 0.3 is 0 Å².